The predicted molar refractivity (Wildman–Crippen MR) is 103 cm³/mol. The van der Waals surface area contributed by atoms with Gasteiger partial charge in [0.2, 0.25) is 0 Å². The van der Waals surface area contributed by atoms with Gasteiger partial charge in [0.1, 0.15) is 0 Å². The molecule has 2 heterocycles. The number of aromatic nitrogens is 1. The molecule has 11 heteroatoms. The maximum absolute atomic E-state index is 11.7. The van der Waals surface area contributed by atoms with Crippen molar-refractivity contribution in [2.45, 2.75) is 0 Å². The quantitative estimate of drug-likeness (QED) is 0.313. The molecule has 0 atom stereocenters. The van der Waals surface area contributed by atoms with E-state index in [1.165, 1.54) is 43.4 Å². The van der Waals surface area contributed by atoms with E-state index in [-0.39, 0.29) is 29.0 Å². The number of nitro groups is 1. The second kappa shape index (κ2) is 8.10. The molecule has 9 nitrogen and oxygen atoms in total. The van der Waals surface area contributed by atoms with Crippen molar-refractivity contribution < 1.29 is 19.2 Å². The number of carbonyl (C=O) groups is 1. The maximum Gasteiger partial charge on any atom is 0.331 e. The molecule has 3 rings (SSSR count). The number of nitrogens with zero attached hydrogens (tertiary/aromatic N) is 4. The van der Waals surface area contributed by atoms with E-state index in [4.69, 9.17) is 21.7 Å². The molecule has 0 unspecified atom stereocenters. The fourth-order valence-electron chi connectivity index (χ4n) is 2.14. The number of methoxy groups -OCH3 is 1. The highest BCUT2D eigenvalue weighted by Crippen LogP contribution is 2.35. The zero-order valence-corrected chi connectivity index (χ0v) is 15.5. The summed E-state index contributed by atoms with van der Waals surface area (Å²) in [6, 6.07) is 7.59. The highest BCUT2D eigenvalue weighted by molar-refractivity contribution is 8.23. The summed E-state index contributed by atoms with van der Waals surface area (Å²) < 4.78 is 11.2. The molecule has 0 radical (unpaired) electrons. The molecule has 1 aliphatic rings. The molecule has 1 amide bonds. The van der Waals surface area contributed by atoms with Crippen LogP contribution in [0.15, 0.2) is 41.6 Å². The summed E-state index contributed by atoms with van der Waals surface area (Å²) in [6.07, 6.45) is 2.86. The number of thioether (sulfide) groups is 1. The highest BCUT2D eigenvalue weighted by Gasteiger charge is 2.26. The number of ether oxygens (including phenoxy) is 2. The van der Waals surface area contributed by atoms with Gasteiger partial charge < -0.3 is 9.47 Å². The lowest BCUT2D eigenvalue weighted by atomic mass is 10.2. The number of carbonyl (C=O) groups excluding carboxylic acids is 1. The highest BCUT2D eigenvalue weighted by atomic mass is 32.2. The van der Waals surface area contributed by atoms with E-state index < -0.39 is 4.92 Å². The van der Waals surface area contributed by atoms with Crippen molar-refractivity contribution in [3.63, 3.8) is 0 Å². The standard InChI is InChI=1S/C16H12N4O5S2/c1-24-13-7-10(8-18-19-14(21)9-27-16(19)26)4-5-12(13)25-15-11(20(22)23)3-2-6-17-15/h2-8H,9H2,1H3/b18-8-. The number of thiocarbonyl (C=S) groups is 1. The van der Waals surface area contributed by atoms with Crippen molar-refractivity contribution in [1.82, 2.24) is 9.99 Å². The lowest BCUT2D eigenvalue weighted by Crippen LogP contribution is -2.22. The van der Waals surface area contributed by atoms with Crippen LogP contribution >= 0.6 is 24.0 Å². The molecule has 1 aliphatic heterocycles. The molecular weight excluding hydrogens is 392 g/mol. The van der Waals surface area contributed by atoms with Gasteiger partial charge in [-0.25, -0.2) is 4.98 Å². The minimum Gasteiger partial charge on any atom is -0.493 e. The molecule has 1 fully saturated rings. The van der Waals surface area contributed by atoms with Crippen LogP contribution in [0.4, 0.5) is 5.69 Å². The molecular formula is C16H12N4O5S2. The van der Waals surface area contributed by atoms with Crippen LogP contribution < -0.4 is 9.47 Å². The van der Waals surface area contributed by atoms with Crippen molar-refractivity contribution in [2.24, 2.45) is 5.10 Å². The molecule has 1 aromatic heterocycles. The summed E-state index contributed by atoms with van der Waals surface area (Å²) in [4.78, 5) is 26.1. The zero-order chi connectivity index (χ0) is 19.4. The first kappa shape index (κ1) is 18.7. The predicted octanol–water partition coefficient (Wildman–Crippen LogP) is 2.98. The molecule has 2 aromatic rings. The van der Waals surface area contributed by atoms with E-state index in [1.54, 1.807) is 18.2 Å². The SMILES string of the molecule is COc1cc(/C=N\N2C(=O)CSC2=S)ccc1Oc1ncccc1[N+](=O)[O-]. The average molecular weight is 404 g/mol. The molecule has 0 saturated carbocycles. The number of hydrogen-bond acceptors (Lipinski definition) is 9. The van der Waals surface area contributed by atoms with Gasteiger partial charge in [-0.05, 0) is 29.8 Å². The number of benzene rings is 1. The van der Waals surface area contributed by atoms with Gasteiger partial charge in [-0.2, -0.15) is 10.1 Å². The summed E-state index contributed by atoms with van der Waals surface area (Å²) in [7, 11) is 1.44. The normalized spacial score (nSPS) is 14.0. The van der Waals surface area contributed by atoms with Crippen molar-refractivity contribution in [3.05, 3.63) is 52.2 Å². The Hall–Kier alpha value is -3.05. The smallest absolute Gasteiger partial charge is 0.331 e. The molecule has 138 valence electrons. The third-order valence-corrected chi connectivity index (χ3v) is 4.73. The Labute approximate surface area is 163 Å². The molecule has 0 spiro atoms. The third-order valence-electron chi connectivity index (χ3n) is 3.39. The van der Waals surface area contributed by atoms with Gasteiger partial charge in [-0.15, -0.1) is 0 Å². The zero-order valence-electron chi connectivity index (χ0n) is 13.9. The monoisotopic (exact) mass is 404 g/mol. The van der Waals surface area contributed by atoms with E-state index in [2.05, 4.69) is 10.1 Å². The van der Waals surface area contributed by atoms with E-state index in [0.29, 0.717) is 15.6 Å². The summed E-state index contributed by atoms with van der Waals surface area (Å²) in [5.41, 5.74) is 0.367. The van der Waals surface area contributed by atoms with E-state index in [9.17, 15) is 14.9 Å². The van der Waals surface area contributed by atoms with Crippen LogP contribution in [0.3, 0.4) is 0 Å². The first-order valence-electron chi connectivity index (χ1n) is 7.48. The maximum atomic E-state index is 11.7. The van der Waals surface area contributed by atoms with Gasteiger partial charge in [0.15, 0.2) is 15.8 Å². The van der Waals surface area contributed by atoms with E-state index >= 15 is 0 Å². The van der Waals surface area contributed by atoms with Gasteiger partial charge >= 0.3 is 5.69 Å². The Balaban J connectivity index is 1.84. The molecule has 1 aromatic carbocycles. The molecule has 27 heavy (non-hydrogen) atoms. The second-order valence-electron chi connectivity index (χ2n) is 5.10. The lowest BCUT2D eigenvalue weighted by molar-refractivity contribution is -0.386. The molecule has 0 aliphatic carbocycles. The van der Waals surface area contributed by atoms with Crippen molar-refractivity contribution in [3.8, 4) is 17.4 Å². The van der Waals surface area contributed by atoms with Gasteiger partial charge in [-0.3, -0.25) is 14.9 Å². The Morgan fingerprint density at radius 3 is 2.89 bits per heavy atom. The van der Waals surface area contributed by atoms with Crippen LogP contribution in [0.1, 0.15) is 5.56 Å². The fraction of sp³-hybridized carbons (Fsp3) is 0.125. The van der Waals surface area contributed by atoms with Gasteiger partial charge in [0.05, 0.1) is 24.0 Å². The summed E-state index contributed by atoms with van der Waals surface area (Å²) in [5, 5.41) is 16.3. The van der Waals surface area contributed by atoms with E-state index in [0.717, 1.165) is 5.01 Å². The molecule has 0 bridgehead atoms. The average Bonchev–Trinajstić information content (AvgIpc) is 2.99. The Bertz CT molecular complexity index is 934. The number of amides is 1. The Kier molecular flexibility index (Phi) is 5.62. The lowest BCUT2D eigenvalue weighted by Gasteiger charge is -2.11. The Morgan fingerprint density at radius 2 is 2.22 bits per heavy atom. The van der Waals surface area contributed by atoms with Crippen LogP contribution in [-0.2, 0) is 4.79 Å². The fourth-order valence-corrected chi connectivity index (χ4v) is 3.10. The van der Waals surface area contributed by atoms with Crippen LogP contribution in [-0.4, -0.2) is 44.2 Å². The molecule has 1 saturated heterocycles. The van der Waals surface area contributed by atoms with Crippen molar-refractivity contribution >= 4 is 46.1 Å². The van der Waals surface area contributed by atoms with Crippen LogP contribution in [0.25, 0.3) is 0 Å². The van der Waals surface area contributed by atoms with Crippen molar-refractivity contribution in [1.29, 1.82) is 0 Å². The number of hydrogen-bond donors (Lipinski definition) is 0. The topological polar surface area (TPSA) is 107 Å². The minimum atomic E-state index is -0.580. The third kappa shape index (κ3) is 4.20. The molecule has 0 N–H and O–H groups in total. The second-order valence-corrected chi connectivity index (χ2v) is 6.71. The first-order chi connectivity index (χ1) is 13.0. The van der Waals surface area contributed by atoms with E-state index in [1.807, 2.05) is 0 Å². The van der Waals surface area contributed by atoms with Gasteiger partial charge in [0, 0.05) is 12.3 Å². The first-order valence-corrected chi connectivity index (χ1v) is 8.88. The summed E-state index contributed by atoms with van der Waals surface area (Å²) in [5.74, 6) is 0.515. The van der Waals surface area contributed by atoms with Crippen molar-refractivity contribution in [2.75, 3.05) is 12.9 Å². The number of rotatable bonds is 6. The Morgan fingerprint density at radius 1 is 1.41 bits per heavy atom. The van der Waals surface area contributed by atoms with Gasteiger partial charge in [0.25, 0.3) is 11.8 Å². The van der Waals surface area contributed by atoms with Crippen LogP contribution in [0.2, 0.25) is 0 Å². The van der Waals surface area contributed by atoms with Crippen LogP contribution in [0.5, 0.6) is 17.4 Å². The minimum absolute atomic E-state index is 0.146. The largest absolute Gasteiger partial charge is 0.493 e. The number of hydrazone groups is 1. The van der Waals surface area contributed by atoms with Crippen LogP contribution in [0, 0.1) is 10.1 Å². The summed E-state index contributed by atoms with van der Waals surface area (Å²) >= 11 is 6.31. The number of pyridine rings is 1. The van der Waals surface area contributed by atoms with Gasteiger partial charge in [-0.1, -0.05) is 24.0 Å². The summed E-state index contributed by atoms with van der Waals surface area (Å²) in [6.45, 7) is 0.